The Bertz CT molecular complexity index is 403. The molecule has 0 aliphatic heterocycles. The Balaban J connectivity index is 3.13. The van der Waals surface area contributed by atoms with E-state index in [1.54, 1.807) is 0 Å². The van der Waals surface area contributed by atoms with E-state index in [1.165, 1.54) is 23.5 Å². The summed E-state index contributed by atoms with van der Waals surface area (Å²) in [6, 6.07) is 10.8. The lowest BCUT2D eigenvalue weighted by Gasteiger charge is -2.26. The molecule has 0 aliphatic carbocycles. The van der Waals surface area contributed by atoms with Gasteiger partial charge < -0.3 is 0 Å². The van der Waals surface area contributed by atoms with Crippen LogP contribution in [0.5, 0.6) is 0 Å². The highest BCUT2D eigenvalue weighted by Gasteiger charge is 2.20. The summed E-state index contributed by atoms with van der Waals surface area (Å²) in [5, 5.41) is 2.76. The van der Waals surface area contributed by atoms with Crippen LogP contribution >= 0.6 is 7.92 Å². The number of allylic oxidation sites excluding steroid dienone is 4. The molecule has 0 saturated carbocycles. The summed E-state index contributed by atoms with van der Waals surface area (Å²) in [5.41, 5.74) is 0.677. The first kappa shape index (κ1) is 14.9. The number of benzene rings is 1. The lowest BCUT2D eigenvalue weighted by molar-refractivity contribution is 0.781. The van der Waals surface area contributed by atoms with Gasteiger partial charge in [-0.25, -0.2) is 0 Å². The highest BCUT2D eigenvalue weighted by molar-refractivity contribution is 7.70. The molecule has 0 amide bonds. The molecule has 1 heteroatoms. The summed E-state index contributed by atoms with van der Waals surface area (Å²) in [6.45, 7) is 12.4. The molecule has 0 saturated heterocycles. The van der Waals surface area contributed by atoms with E-state index in [2.05, 4.69) is 63.4 Å². The first-order chi connectivity index (χ1) is 8.74. The van der Waals surface area contributed by atoms with E-state index in [4.69, 9.17) is 0 Å². The molecular weight excluding hydrogens is 235 g/mol. The van der Waals surface area contributed by atoms with Gasteiger partial charge in [-0.2, -0.15) is 0 Å². The van der Waals surface area contributed by atoms with Crippen molar-refractivity contribution in [2.75, 3.05) is 0 Å². The van der Waals surface area contributed by atoms with Crippen molar-refractivity contribution < 1.29 is 0 Å². The van der Waals surface area contributed by atoms with E-state index in [-0.39, 0.29) is 7.92 Å². The molecule has 18 heavy (non-hydrogen) atoms. The molecule has 1 aromatic rings. The first-order valence-electron chi connectivity index (χ1n) is 6.54. The maximum atomic E-state index is 3.97. The zero-order valence-electron chi connectivity index (χ0n) is 11.5. The zero-order valence-corrected chi connectivity index (χ0v) is 12.4. The maximum absolute atomic E-state index is 3.97. The molecule has 0 nitrogen and oxygen atoms in total. The Morgan fingerprint density at radius 2 is 1.94 bits per heavy atom. The second-order valence-corrected chi connectivity index (χ2v) is 7.03. The van der Waals surface area contributed by atoms with Crippen LogP contribution in [0.3, 0.4) is 0 Å². The summed E-state index contributed by atoms with van der Waals surface area (Å²) >= 11 is 0. The van der Waals surface area contributed by atoms with Crippen molar-refractivity contribution in [3.8, 4) is 0 Å². The van der Waals surface area contributed by atoms with Crippen molar-refractivity contribution in [3.05, 3.63) is 67.0 Å². The fraction of sp³-hybridized carbons (Fsp3) is 0.294. The fourth-order valence-electron chi connectivity index (χ4n) is 2.16. The van der Waals surface area contributed by atoms with Crippen LogP contribution in [0, 0.1) is 0 Å². The van der Waals surface area contributed by atoms with Gasteiger partial charge >= 0.3 is 0 Å². The van der Waals surface area contributed by atoms with Gasteiger partial charge in [0.05, 0.1) is 0 Å². The maximum Gasteiger partial charge on any atom is -0.0157 e. The normalized spacial score (nSPS) is 14.9. The van der Waals surface area contributed by atoms with Crippen LogP contribution < -0.4 is 5.30 Å². The summed E-state index contributed by atoms with van der Waals surface area (Å²) in [5.74, 6) is 0. The third-order valence-electron chi connectivity index (χ3n) is 2.96. The molecule has 0 aromatic heterocycles. The molecule has 0 spiro atoms. The highest BCUT2D eigenvalue weighted by Crippen LogP contribution is 2.50. The summed E-state index contributed by atoms with van der Waals surface area (Å²) in [4.78, 5) is 0. The van der Waals surface area contributed by atoms with Gasteiger partial charge in [0.25, 0.3) is 0 Å². The topological polar surface area (TPSA) is 0 Å². The molecule has 2 unspecified atom stereocenters. The Morgan fingerprint density at radius 1 is 1.28 bits per heavy atom. The molecule has 0 fully saturated rings. The lowest BCUT2D eigenvalue weighted by Crippen LogP contribution is -2.11. The summed E-state index contributed by atoms with van der Waals surface area (Å²) in [7, 11) is -0.320. The van der Waals surface area contributed by atoms with Crippen LogP contribution in [-0.2, 0) is 0 Å². The molecule has 0 N–H and O–H groups in total. The van der Waals surface area contributed by atoms with Crippen LogP contribution in [0.1, 0.15) is 26.7 Å². The van der Waals surface area contributed by atoms with E-state index >= 15 is 0 Å². The van der Waals surface area contributed by atoms with Gasteiger partial charge in [-0.15, -0.1) is 0 Å². The van der Waals surface area contributed by atoms with Crippen molar-refractivity contribution in [1.82, 2.24) is 0 Å². The van der Waals surface area contributed by atoms with Crippen LogP contribution in [-0.4, -0.2) is 5.66 Å². The van der Waals surface area contributed by atoms with Gasteiger partial charge in [0.15, 0.2) is 0 Å². The van der Waals surface area contributed by atoms with Gasteiger partial charge in [-0.05, 0) is 30.6 Å². The second-order valence-electron chi connectivity index (χ2n) is 4.37. The fourth-order valence-corrected chi connectivity index (χ4v) is 4.95. The van der Waals surface area contributed by atoms with E-state index in [1.807, 2.05) is 12.2 Å². The predicted molar refractivity (Wildman–Crippen MR) is 85.8 cm³/mol. The summed E-state index contributed by atoms with van der Waals surface area (Å²) < 4.78 is 0. The quantitative estimate of drug-likeness (QED) is 0.463. The van der Waals surface area contributed by atoms with Crippen LogP contribution in [0.4, 0.5) is 0 Å². The standard InChI is InChI=1S/C17H23P/c1-5-11-15(4)18(16(7-3)12-6-2)17-13-9-8-10-14-17/h6-10,12-15H,2-3,5,11H2,1,4H3/b16-12+. The monoisotopic (exact) mass is 258 g/mol. The number of hydrogen-bond donors (Lipinski definition) is 0. The van der Waals surface area contributed by atoms with E-state index < -0.39 is 0 Å². The van der Waals surface area contributed by atoms with Gasteiger partial charge in [-0.3, -0.25) is 0 Å². The van der Waals surface area contributed by atoms with Crippen LogP contribution in [0.2, 0.25) is 0 Å². The molecule has 1 aromatic carbocycles. The first-order valence-corrected chi connectivity index (χ1v) is 7.95. The third kappa shape index (κ3) is 3.96. The molecule has 0 aliphatic rings. The van der Waals surface area contributed by atoms with Gasteiger partial charge in [0.2, 0.25) is 0 Å². The second kappa shape index (κ2) is 8.06. The molecule has 0 heterocycles. The van der Waals surface area contributed by atoms with E-state index in [0.29, 0.717) is 5.66 Å². The Labute approximate surface area is 113 Å². The van der Waals surface area contributed by atoms with Crippen molar-refractivity contribution >= 4 is 13.2 Å². The largest absolute Gasteiger partial charge is 0.0990 e. The van der Waals surface area contributed by atoms with Gasteiger partial charge in [-0.1, -0.05) is 82.0 Å². The summed E-state index contributed by atoms with van der Waals surface area (Å²) in [6.07, 6.45) is 8.45. The Hall–Kier alpha value is -1.13. The smallest absolute Gasteiger partial charge is 0.0157 e. The van der Waals surface area contributed by atoms with Crippen molar-refractivity contribution in [2.24, 2.45) is 0 Å². The van der Waals surface area contributed by atoms with Crippen molar-refractivity contribution in [1.29, 1.82) is 0 Å². The molecular formula is C17H23P. The molecule has 1 rings (SSSR count). The number of rotatable bonds is 7. The van der Waals surface area contributed by atoms with Gasteiger partial charge in [0, 0.05) is 0 Å². The highest BCUT2D eigenvalue weighted by atomic mass is 31.1. The van der Waals surface area contributed by atoms with Crippen molar-refractivity contribution in [2.45, 2.75) is 32.3 Å². The predicted octanol–water partition coefficient (Wildman–Crippen LogP) is 5.24. The third-order valence-corrected chi connectivity index (χ3v) is 5.84. The Morgan fingerprint density at radius 3 is 2.44 bits per heavy atom. The van der Waals surface area contributed by atoms with Crippen molar-refractivity contribution in [3.63, 3.8) is 0 Å². The SMILES string of the molecule is C=C/C=C(\C=C)P(c1ccccc1)C(C)CCC. The lowest BCUT2D eigenvalue weighted by atomic mass is 10.3. The number of hydrogen-bond acceptors (Lipinski definition) is 0. The average Bonchev–Trinajstić information content (AvgIpc) is 2.39. The minimum absolute atomic E-state index is 0.320. The van der Waals surface area contributed by atoms with E-state index in [9.17, 15) is 0 Å². The zero-order chi connectivity index (χ0) is 13.4. The average molecular weight is 258 g/mol. The minimum Gasteiger partial charge on any atom is -0.0990 e. The molecule has 2 atom stereocenters. The molecule has 96 valence electrons. The Kier molecular flexibility index (Phi) is 6.68. The van der Waals surface area contributed by atoms with Gasteiger partial charge in [0.1, 0.15) is 0 Å². The van der Waals surface area contributed by atoms with Crippen LogP contribution in [0.15, 0.2) is 67.0 Å². The molecule has 0 radical (unpaired) electrons. The van der Waals surface area contributed by atoms with E-state index in [0.717, 1.165) is 0 Å². The molecule has 0 bridgehead atoms. The minimum atomic E-state index is -0.320. The van der Waals surface area contributed by atoms with Crippen LogP contribution in [0.25, 0.3) is 0 Å².